The van der Waals surface area contributed by atoms with Crippen LogP contribution in [0.5, 0.6) is 0 Å². The minimum atomic E-state index is -0.527. The summed E-state index contributed by atoms with van der Waals surface area (Å²) < 4.78 is 6.69. The third-order valence-electron chi connectivity index (χ3n) is 3.14. The summed E-state index contributed by atoms with van der Waals surface area (Å²) in [6.07, 6.45) is 1.19. The number of rotatable bonds is 2. The van der Waals surface area contributed by atoms with E-state index in [0.29, 0.717) is 11.5 Å². The number of nitrogens with zero attached hydrogens (tertiary/aromatic N) is 2. The smallest absolute Gasteiger partial charge is 0.246 e. The van der Waals surface area contributed by atoms with Crippen LogP contribution in [0.3, 0.4) is 0 Å². The van der Waals surface area contributed by atoms with E-state index in [1.807, 2.05) is 31.2 Å². The highest BCUT2D eigenvalue weighted by Crippen LogP contribution is 2.28. The lowest BCUT2D eigenvalue weighted by Gasteiger charge is -2.02. The Labute approximate surface area is 124 Å². The minimum Gasteiger partial charge on any atom is -0.435 e. The predicted molar refractivity (Wildman–Crippen MR) is 80.3 cm³/mol. The highest BCUT2D eigenvalue weighted by atomic mass is 79.9. The molecule has 102 valence electrons. The average Bonchev–Trinajstić information content (AvgIpc) is 2.80. The first-order valence-electron chi connectivity index (χ1n) is 6.25. The van der Waals surface area contributed by atoms with Crippen molar-refractivity contribution in [2.75, 3.05) is 0 Å². The second kappa shape index (κ2) is 5.00. The summed E-state index contributed by atoms with van der Waals surface area (Å²) in [5, 5.41) is 9.60. The molecule has 20 heavy (non-hydrogen) atoms. The zero-order valence-electron chi connectivity index (χ0n) is 11.1. The highest BCUT2D eigenvalue weighted by molar-refractivity contribution is 9.10. The number of halogens is 1. The van der Waals surface area contributed by atoms with Crippen LogP contribution in [0.15, 0.2) is 39.4 Å². The van der Waals surface area contributed by atoms with Gasteiger partial charge in [0.25, 0.3) is 0 Å². The predicted octanol–water partition coefficient (Wildman–Crippen LogP) is 4.01. The van der Waals surface area contributed by atoms with Gasteiger partial charge in [0.2, 0.25) is 5.89 Å². The van der Waals surface area contributed by atoms with Crippen LogP contribution in [-0.2, 0) is 0 Å². The molecule has 5 heteroatoms. The fraction of sp³-hybridized carbons (Fsp3) is 0.200. The highest BCUT2D eigenvalue weighted by Gasteiger charge is 2.13. The van der Waals surface area contributed by atoms with E-state index in [4.69, 9.17) is 4.42 Å². The van der Waals surface area contributed by atoms with E-state index in [-0.39, 0.29) is 0 Å². The van der Waals surface area contributed by atoms with Crippen molar-refractivity contribution in [3.05, 3.63) is 46.1 Å². The van der Waals surface area contributed by atoms with Crippen LogP contribution in [0.2, 0.25) is 0 Å². The van der Waals surface area contributed by atoms with Gasteiger partial charge in [0, 0.05) is 10.7 Å². The number of fused-ring (bicyclic) bond motifs is 1. The number of hydrogen-bond donors (Lipinski definition) is 1. The van der Waals surface area contributed by atoms with Crippen molar-refractivity contribution in [1.29, 1.82) is 0 Å². The van der Waals surface area contributed by atoms with E-state index in [2.05, 4.69) is 25.9 Å². The van der Waals surface area contributed by atoms with Gasteiger partial charge in [0.05, 0.1) is 6.10 Å². The molecule has 0 unspecified atom stereocenters. The first kappa shape index (κ1) is 13.3. The van der Waals surface area contributed by atoms with Crippen molar-refractivity contribution in [3.63, 3.8) is 0 Å². The molecule has 0 aliphatic rings. The standard InChI is InChI=1S/C15H13BrN2O2/c1-8-5-11(16)7-17-14(8)15-18-12-4-3-10(9(2)19)6-13(12)20-15/h3-7,9,19H,1-2H3/t9-/m0/s1. The number of pyridine rings is 1. The fourth-order valence-electron chi connectivity index (χ4n) is 2.07. The molecule has 1 atom stereocenters. The molecule has 0 amide bonds. The van der Waals surface area contributed by atoms with Crippen molar-refractivity contribution in [2.45, 2.75) is 20.0 Å². The van der Waals surface area contributed by atoms with Gasteiger partial charge < -0.3 is 9.52 Å². The van der Waals surface area contributed by atoms with E-state index in [9.17, 15) is 5.11 Å². The molecule has 1 N–H and O–H groups in total. The summed E-state index contributed by atoms with van der Waals surface area (Å²) in [5.41, 5.74) is 3.93. The number of oxazole rings is 1. The Morgan fingerprint density at radius 1 is 1.30 bits per heavy atom. The lowest BCUT2D eigenvalue weighted by Crippen LogP contribution is -1.89. The van der Waals surface area contributed by atoms with Gasteiger partial charge in [0.1, 0.15) is 11.2 Å². The molecule has 0 bridgehead atoms. The molecular weight excluding hydrogens is 320 g/mol. The normalized spacial score (nSPS) is 12.8. The van der Waals surface area contributed by atoms with Crippen LogP contribution in [0.4, 0.5) is 0 Å². The van der Waals surface area contributed by atoms with Gasteiger partial charge in [-0.05, 0) is 59.1 Å². The summed E-state index contributed by atoms with van der Waals surface area (Å²) in [6, 6.07) is 7.48. The second-order valence-corrected chi connectivity index (χ2v) is 5.66. The number of aryl methyl sites for hydroxylation is 1. The van der Waals surface area contributed by atoms with Crippen molar-refractivity contribution in [2.24, 2.45) is 0 Å². The van der Waals surface area contributed by atoms with Gasteiger partial charge in [0.15, 0.2) is 5.58 Å². The first-order valence-corrected chi connectivity index (χ1v) is 7.05. The Kier molecular flexibility index (Phi) is 3.31. The molecular formula is C15H13BrN2O2. The molecule has 0 fully saturated rings. The molecule has 0 spiro atoms. The van der Waals surface area contributed by atoms with Gasteiger partial charge in [-0.3, -0.25) is 0 Å². The van der Waals surface area contributed by atoms with Crippen LogP contribution < -0.4 is 0 Å². The molecule has 0 radical (unpaired) electrons. The van der Waals surface area contributed by atoms with Gasteiger partial charge in [-0.2, -0.15) is 0 Å². The molecule has 1 aromatic carbocycles. The monoisotopic (exact) mass is 332 g/mol. The number of aliphatic hydroxyl groups is 1. The van der Waals surface area contributed by atoms with E-state index in [1.165, 1.54) is 0 Å². The average molecular weight is 333 g/mol. The lowest BCUT2D eigenvalue weighted by atomic mass is 10.1. The second-order valence-electron chi connectivity index (χ2n) is 4.74. The zero-order valence-corrected chi connectivity index (χ0v) is 12.7. The van der Waals surface area contributed by atoms with Crippen molar-refractivity contribution >= 4 is 27.0 Å². The fourth-order valence-corrected chi connectivity index (χ4v) is 2.51. The molecule has 2 aromatic heterocycles. The van der Waals surface area contributed by atoms with E-state index in [1.54, 1.807) is 13.1 Å². The maximum absolute atomic E-state index is 9.60. The number of hydrogen-bond acceptors (Lipinski definition) is 4. The summed E-state index contributed by atoms with van der Waals surface area (Å²) in [6.45, 7) is 3.68. The van der Waals surface area contributed by atoms with Crippen molar-refractivity contribution < 1.29 is 9.52 Å². The minimum absolute atomic E-state index is 0.493. The Balaban J connectivity index is 2.13. The third-order valence-corrected chi connectivity index (χ3v) is 3.58. The number of benzene rings is 1. The summed E-state index contributed by atoms with van der Waals surface area (Å²) >= 11 is 3.39. The van der Waals surface area contributed by atoms with E-state index < -0.39 is 6.10 Å². The topological polar surface area (TPSA) is 59.2 Å². The van der Waals surface area contributed by atoms with Crippen LogP contribution in [-0.4, -0.2) is 15.1 Å². The number of aliphatic hydroxyl groups excluding tert-OH is 1. The maximum Gasteiger partial charge on any atom is 0.246 e. The zero-order chi connectivity index (χ0) is 14.3. The quantitative estimate of drug-likeness (QED) is 0.770. The Hall–Kier alpha value is -1.72. The molecule has 4 nitrogen and oxygen atoms in total. The van der Waals surface area contributed by atoms with Gasteiger partial charge >= 0.3 is 0 Å². The molecule has 3 aromatic rings. The molecule has 0 aliphatic carbocycles. The first-order chi connectivity index (χ1) is 9.54. The van der Waals surface area contributed by atoms with Gasteiger partial charge in [-0.1, -0.05) is 6.07 Å². The largest absolute Gasteiger partial charge is 0.435 e. The summed E-state index contributed by atoms with van der Waals surface area (Å²) in [7, 11) is 0. The summed E-state index contributed by atoms with van der Waals surface area (Å²) in [4.78, 5) is 8.80. The SMILES string of the molecule is Cc1cc(Br)cnc1-c1nc2ccc([C@H](C)O)cc2o1. The third kappa shape index (κ3) is 2.34. The Morgan fingerprint density at radius 2 is 2.10 bits per heavy atom. The van der Waals surface area contributed by atoms with Crippen LogP contribution in [0, 0.1) is 6.92 Å². The molecule has 3 rings (SSSR count). The lowest BCUT2D eigenvalue weighted by molar-refractivity contribution is 0.199. The van der Waals surface area contributed by atoms with Crippen molar-refractivity contribution in [1.82, 2.24) is 9.97 Å². The molecule has 0 saturated heterocycles. The number of aromatic nitrogens is 2. The maximum atomic E-state index is 9.60. The molecule has 0 saturated carbocycles. The van der Waals surface area contributed by atoms with Crippen LogP contribution in [0.1, 0.15) is 24.2 Å². The summed E-state index contributed by atoms with van der Waals surface area (Å²) in [5.74, 6) is 0.493. The Bertz CT molecular complexity index is 781. The van der Waals surface area contributed by atoms with Crippen molar-refractivity contribution in [3.8, 4) is 11.6 Å². The molecule has 2 heterocycles. The Morgan fingerprint density at radius 3 is 2.80 bits per heavy atom. The van der Waals surface area contributed by atoms with Crippen LogP contribution in [0.25, 0.3) is 22.7 Å². The van der Waals surface area contributed by atoms with Crippen LogP contribution >= 0.6 is 15.9 Å². The van der Waals surface area contributed by atoms with Gasteiger partial charge in [-0.25, -0.2) is 9.97 Å². The molecule has 0 aliphatic heterocycles. The van der Waals surface area contributed by atoms with E-state index in [0.717, 1.165) is 26.8 Å². The van der Waals surface area contributed by atoms with Gasteiger partial charge in [-0.15, -0.1) is 0 Å². The van der Waals surface area contributed by atoms with E-state index >= 15 is 0 Å².